The smallest absolute Gasteiger partial charge is 0.356 e. The molecule has 4 aromatic rings. The number of nitrogens with one attached hydrogen (secondary N) is 1. The van der Waals surface area contributed by atoms with Gasteiger partial charge in [-0.15, -0.1) is 11.3 Å². The SMILES string of the molecule is CCOC(=O)Cc1csc(NC(=O)C(C)OC(=O)c2c(-c3ccc(Cl)cc3)c3ccccc3c(=O)n2C)n1. The van der Waals surface area contributed by atoms with Crippen molar-refractivity contribution in [2.24, 2.45) is 7.05 Å². The van der Waals surface area contributed by atoms with E-state index in [0.29, 0.717) is 32.6 Å². The lowest BCUT2D eigenvalue weighted by Gasteiger charge is -2.18. The van der Waals surface area contributed by atoms with E-state index in [1.54, 1.807) is 60.8 Å². The number of anilines is 1. The van der Waals surface area contributed by atoms with E-state index in [0.717, 1.165) is 11.3 Å². The zero-order valence-corrected chi connectivity index (χ0v) is 22.4. The number of amides is 1. The van der Waals surface area contributed by atoms with E-state index in [1.165, 1.54) is 18.5 Å². The van der Waals surface area contributed by atoms with Gasteiger partial charge in [-0.25, -0.2) is 9.78 Å². The molecule has 0 saturated heterocycles. The van der Waals surface area contributed by atoms with Gasteiger partial charge in [-0.3, -0.25) is 19.7 Å². The highest BCUT2D eigenvalue weighted by molar-refractivity contribution is 7.13. The molecule has 1 N–H and O–H groups in total. The number of halogens is 1. The third-order valence-electron chi connectivity index (χ3n) is 5.70. The fraction of sp³-hybridized carbons (Fsp3) is 0.222. The topological polar surface area (TPSA) is 117 Å². The van der Waals surface area contributed by atoms with Crippen LogP contribution in [0.4, 0.5) is 5.13 Å². The second-order valence-corrected chi connectivity index (χ2v) is 9.60. The predicted octanol–water partition coefficient (Wildman–Crippen LogP) is 4.61. The Balaban J connectivity index is 1.60. The van der Waals surface area contributed by atoms with Crippen LogP contribution in [0.1, 0.15) is 30.0 Å². The molecule has 0 aliphatic heterocycles. The Morgan fingerprint density at radius 1 is 1.11 bits per heavy atom. The second kappa shape index (κ2) is 11.6. The Labute approximate surface area is 227 Å². The average molecular weight is 554 g/mol. The van der Waals surface area contributed by atoms with Crippen LogP contribution in [0.25, 0.3) is 21.9 Å². The van der Waals surface area contributed by atoms with Gasteiger partial charge in [-0.1, -0.05) is 41.9 Å². The standard InChI is InChI=1S/C27H24ClN3O6S/c1-4-36-21(32)13-18-14-38-27(29-18)30-24(33)15(2)37-26(35)23-22(16-9-11-17(28)12-10-16)19-7-5-6-8-20(19)25(34)31(23)3/h5-12,14-15H,4,13H2,1-3H3,(H,29,30,33). The van der Waals surface area contributed by atoms with Crippen molar-refractivity contribution in [1.82, 2.24) is 9.55 Å². The van der Waals surface area contributed by atoms with Gasteiger partial charge >= 0.3 is 11.9 Å². The summed E-state index contributed by atoms with van der Waals surface area (Å²) in [5.74, 6) is -1.88. The Morgan fingerprint density at radius 3 is 2.47 bits per heavy atom. The van der Waals surface area contributed by atoms with E-state index in [-0.39, 0.29) is 29.4 Å². The summed E-state index contributed by atoms with van der Waals surface area (Å²) in [7, 11) is 1.48. The number of hydrogen-bond donors (Lipinski definition) is 1. The van der Waals surface area contributed by atoms with Gasteiger partial charge in [0.15, 0.2) is 11.2 Å². The Bertz CT molecular complexity index is 1580. The average Bonchev–Trinajstić information content (AvgIpc) is 3.33. The molecule has 11 heteroatoms. The van der Waals surface area contributed by atoms with Crippen molar-refractivity contribution in [3.8, 4) is 11.1 Å². The molecule has 1 atom stereocenters. The molecule has 0 aliphatic carbocycles. The molecule has 0 radical (unpaired) electrons. The minimum absolute atomic E-state index is 0.00152. The molecular formula is C27H24ClN3O6S. The fourth-order valence-electron chi connectivity index (χ4n) is 3.90. The van der Waals surface area contributed by atoms with Crippen LogP contribution < -0.4 is 10.9 Å². The summed E-state index contributed by atoms with van der Waals surface area (Å²) in [6, 6.07) is 13.8. The van der Waals surface area contributed by atoms with Gasteiger partial charge < -0.3 is 14.0 Å². The maximum Gasteiger partial charge on any atom is 0.356 e. The molecule has 0 saturated carbocycles. The summed E-state index contributed by atoms with van der Waals surface area (Å²) in [6.45, 7) is 3.39. The maximum absolute atomic E-state index is 13.4. The van der Waals surface area contributed by atoms with Crippen molar-refractivity contribution in [2.45, 2.75) is 26.4 Å². The van der Waals surface area contributed by atoms with Crippen LogP contribution in [0.5, 0.6) is 0 Å². The van der Waals surface area contributed by atoms with Crippen molar-refractivity contribution < 1.29 is 23.9 Å². The molecule has 9 nitrogen and oxygen atoms in total. The minimum Gasteiger partial charge on any atom is -0.466 e. The van der Waals surface area contributed by atoms with Crippen LogP contribution >= 0.6 is 22.9 Å². The fourth-order valence-corrected chi connectivity index (χ4v) is 4.73. The number of nitrogens with zero attached hydrogens (tertiary/aromatic N) is 2. The Morgan fingerprint density at radius 2 is 1.79 bits per heavy atom. The number of ether oxygens (including phenoxy) is 2. The van der Waals surface area contributed by atoms with Crippen molar-refractivity contribution in [3.05, 3.63) is 80.7 Å². The van der Waals surface area contributed by atoms with Gasteiger partial charge in [0, 0.05) is 28.4 Å². The van der Waals surface area contributed by atoms with Crippen LogP contribution in [-0.4, -0.2) is 40.1 Å². The van der Waals surface area contributed by atoms with Crippen LogP contribution in [0.2, 0.25) is 5.02 Å². The van der Waals surface area contributed by atoms with E-state index < -0.39 is 23.9 Å². The van der Waals surface area contributed by atoms with Gasteiger partial charge in [0.1, 0.15) is 5.69 Å². The van der Waals surface area contributed by atoms with Crippen molar-refractivity contribution in [3.63, 3.8) is 0 Å². The highest BCUT2D eigenvalue weighted by Crippen LogP contribution is 2.32. The van der Waals surface area contributed by atoms with E-state index in [4.69, 9.17) is 21.1 Å². The molecule has 0 aliphatic rings. The zero-order valence-electron chi connectivity index (χ0n) is 20.8. The van der Waals surface area contributed by atoms with Gasteiger partial charge in [-0.05, 0) is 43.0 Å². The lowest BCUT2D eigenvalue weighted by molar-refractivity contribution is -0.142. The van der Waals surface area contributed by atoms with Crippen molar-refractivity contribution in [1.29, 1.82) is 0 Å². The highest BCUT2D eigenvalue weighted by atomic mass is 35.5. The first kappa shape index (κ1) is 27.0. The van der Waals surface area contributed by atoms with Gasteiger partial charge in [0.2, 0.25) is 0 Å². The molecule has 0 spiro atoms. The molecule has 0 bridgehead atoms. The van der Waals surface area contributed by atoms with Gasteiger partial charge in [0.05, 0.1) is 18.7 Å². The van der Waals surface area contributed by atoms with Crippen LogP contribution in [0, 0.1) is 0 Å². The molecule has 0 fully saturated rings. The number of rotatable bonds is 8. The van der Waals surface area contributed by atoms with Crippen LogP contribution in [0.15, 0.2) is 58.7 Å². The second-order valence-electron chi connectivity index (χ2n) is 8.30. The first-order valence-electron chi connectivity index (χ1n) is 11.7. The number of thiazole rings is 1. The van der Waals surface area contributed by atoms with Gasteiger partial charge in [0.25, 0.3) is 11.5 Å². The lowest BCUT2D eigenvalue weighted by atomic mass is 9.96. The molecular weight excluding hydrogens is 530 g/mol. The van der Waals surface area contributed by atoms with Crippen molar-refractivity contribution in [2.75, 3.05) is 11.9 Å². The number of pyridine rings is 1. The predicted molar refractivity (Wildman–Crippen MR) is 146 cm³/mol. The van der Waals surface area contributed by atoms with Crippen molar-refractivity contribution >= 4 is 56.7 Å². The quantitative estimate of drug-likeness (QED) is 0.317. The zero-order chi connectivity index (χ0) is 27.4. The number of benzene rings is 2. The molecule has 2 aromatic heterocycles. The third kappa shape index (κ3) is 5.76. The largest absolute Gasteiger partial charge is 0.466 e. The first-order valence-corrected chi connectivity index (χ1v) is 12.9. The summed E-state index contributed by atoms with van der Waals surface area (Å²) in [5, 5.41) is 5.99. The normalized spacial score (nSPS) is 11.7. The summed E-state index contributed by atoms with van der Waals surface area (Å²) in [4.78, 5) is 55.1. The van der Waals surface area contributed by atoms with Crippen LogP contribution in [0.3, 0.4) is 0 Å². The molecule has 1 amide bonds. The van der Waals surface area contributed by atoms with E-state index in [9.17, 15) is 19.2 Å². The van der Waals surface area contributed by atoms with Gasteiger partial charge in [-0.2, -0.15) is 0 Å². The Kier molecular flexibility index (Phi) is 8.23. The number of aromatic nitrogens is 2. The van der Waals surface area contributed by atoms with E-state index in [2.05, 4.69) is 10.3 Å². The summed E-state index contributed by atoms with van der Waals surface area (Å²) in [5.41, 5.74) is 1.22. The number of fused-ring (bicyclic) bond motifs is 1. The van der Waals surface area contributed by atoms with E-state index in [1.807, 2.05) is 0 Å². The molecule has 196 valence electrons. The summed E-state index contributed by atoms with van der Waals surface area (Å²) < 4.78 is 11.6. The highest BCUT2D eigenvalue weighted by Gasteiger charge is 2.27. The molecule has 1 unspecified atom stereocenters. The Hall–Kier alpha value is -4.02. The first-order chi connectivity index (χ1) is 18.2. The summed E-state index contributed by atoms with van der Waals surface area (Å²) >= 11 is 7.20. The lowest BCUT2D eigenvalue weighted by Crippen LogP contribution is -2.32. The molecule has 2 aromatic carbocycles. The maximum atomic E-state index is 13.4. The monoisotopic (exact) mass is 553 g/mol. The number of carbonyl (C=O) groups is 3. The number of esters is 2. The number of carbonyl (C=O) groups excluding carboxylic acids is 3. The third-order valence-corrected chi connectivity index (χ3v) is 6.75. The van der Waals surface area contributed by atoms with E-state index >= 15 is 0 Å². The molecule has 38 heavy (non-hydrogen) atoms. The summed E-state index contributed by atoms with van der Waals surface area (Å²) in [6.07, 6.45) is -1.23. The minimum atomic E-state index is -1.21. The number of hydrogen-bond acceptors (Lipinski definition) is 8. The van der Waals surface area contributed by atoms with Crippen LogP contribution in [-0.2, 0) is 32.5 Å². The molecule has 4 rings (SSSR count). The molecule has 2 heterocycles.